The molecule has 1 aliphatic rings. The molecule has 3 rings (SSSR count). The van der Waals surface area contributed by atoms with Crippen molar-refractivity contribution in [3.8, 4) is 0 Å². The van der Waals surface area contributed by atoms with Gasteiger partial charge < -0.3 is 11.1 Å². The minimum absolute atomic E-state index is 0.245. The van der Waals surface area contributed by atoms with Crippen LogP contribution in [0.3, 0.4) is 0 Å². The van der Waals surface area contributed by atoms with Gasteiger partial charge >= 0.3 is 0 Å². The Morgan fingerprint density at radius 1 is 1.33 bits per heavy atom. The van der Waals surface area contributed by atoms with Crippen molar-refractivity contribution < 1.29 is 4.79 Å². The number of thiazole rings is 2. The highest BCUT2D eigenvalue weighted by molar-refractivity contribution is 7.18. The summed E-state index contributed by atoms with van der Waals surface area (Å²) in [5.41, 5.74) is 6.85. The van der Waals surface area contributed by atoms with Crippen LogP contribution in [-0.4, -0.2) is 21.9 Å². The first kappa shape index (κ1) is 14.3. The van der Waals surface area contributed by atoms with Gasteiger partial charge in [0.15, 0.2) is 10.3 Å². The Labute approximate surface area is 130 Å². The van der Waals surface area contributed by atoms with Gasteiger partial charge in [-0.2, -0.15) is 0 Å². The molecule has 0 aromatic carbocycles. The van der Waals surface area contributed by atoms with Crippen molar-refractivity contribution in [1.29, 1.82) is 0 Å². The first-order valence-electron chi connectivity index (χ1n) is 6.87. The zero-order chi connectivity index (χ0) is 15.0. The van der Waals surface area contributed by atoms with Crippen LogP contribution in [0.1, 0.15) is 40.0 Å². The summed E-state index contributed by atoms with van der Waals surface area (Å²) in [6.07, 6.45) is 3.16. The van der Waals surface area contributed by atoms with Crippen molar-refractivity contribution in [3.63, 3.8) is 0 Å². The molecule has 1 fully saturated rings. The third-order valence-corrected chi connectivity index (χ3v) is 5.14. The van der Waals surface area contributed by atoms with Gasteiger partial charge in [-0.25, -0.2) is 9.97 Å². The number of rotatable bonds is 5. The van der Waals surface area contributed by atoms with Crippen LogP contribution in [0.5, 0.6) is 0 Å². The maximum absolute atomic E-state index is 12.3. The second kappa shape index (κ2) is 5.61. The maximum atomic E-state index is 12.3. The van der Waals surface area contributed by atoms with E-state index in [2.05, 4.69) is 20.6 Å². The lowest BCUT2D eigenvalue weighted by molar-refractivity contribution is 0.103. The standard InChI is InChI=1S/C13H17N5OS2/c1-3-8-6(2)20-13(16-8)18-11(19)9-10(14)17-12(21-9)15-7-4-5-7/h7H,3-5,14H2,1-2H3,(H,15,17)(H,16,18,19). The van der Waals surface area contributed by atoms with E-state index in [1.54, 1.807) is 0 Å². The van der Waals surface area contributed by atoms with Crippen molar-refractivity contribution in [1.82, 2.24) is 9.97 Å². The molecule has 0 saturated heterocycles. The number of hydrogen-bond acceptors (Lipinski definition) is 7. The molecule has 0 aliphatic heterocycles. The topological polar surface area (TPSA) is 92.9 Å². The smallest absolute Gasteiger partial charge is 0.271 e. The maximum Gasteiger partial charge on any atom is 0.271 e. The van der Waals surface area contributed by atoms with Crippen molar-refractivity contribution in [3.05, 3.63) is 15.4 Å². The van der Waals surface area contributed by atoms with Crippen LogP contribution in [0.2, 0.25) is 0 Å². The van der Waals surface area contributed by atoms with Gasteiger partial charge in [0.2, 0.25) is 0 Å². The van der Waals surface area contributed by atoms with E-state index in [0.717, 1.165) is 29.8 Å². The van der Waals surface area contributed by atoms with E-state index in [-0.39, 0.29) is 11.7 Å². The molecule has 0 atom stereocenters. The van der Waals surface area contributed by atoms with Crippen LogP contribution in [-0.2, 0) is 6.42 Å². The largest absolute Gasteiger partial charge is 0.382 e. The fraction of sp³-hybridized carbons (Fsp3) is 0.462. The van der Waals surface area contributed by atoms with E-state index >= 15 is 0 Å². The summed E-state index contributed by atoms with van der Waals surface area (Å²) in [6.45, 7) is 4.05. The molecule has 0 unspecified atom stereocenters. The molecule has 2 heterocycles. The average Bonchev–Trinajstić information content (AvgIpc) is 3.06. The fourth-order valence-electron chi connectivity index (χ4n) is 1.92. The second-order valence-corrected chi connectivity index (χ2v) is 7.18. The number of nitrogens with two attached hydrogens (primary N) is 1. The number of anilines is 3. The molecule has 112 valence electrons. The Balaban J connectivity index is 1.73. The van der Waals surface area contributed by atoms with E-state index in [0.29, 0.717) is 21.2 Å². The number of hydrogen-bond donors (Lipinski definition) is 3. The first-order valence-corrected chi connectivity index (χ1v) is 8.50. The molecule has 8 heteroatoms. The molecule has 0 bridgehead atoms. The summed E-state index contributed by atoms with van der Waals surface area (Å²) in [5, 5.41) is 7.38. The Bertz CT molecular complexity index is 674. The molecular formula is C13H17N5OS2. The number of carbonyl (C=O) groups excluding carboxylic acids is 1. The van der Waals surface area contributed by atoms with Gasteiger partial charge in [-0.3, -0.25) is 10.1 Å². The summed E-state index contributed by atoms with van der Waals surface area (Å²) in [4.78, 5) is 22.4. The molecule has 0 spiro atoms. The fourth-order valence-corrected chi connectivity index (χ4v) is 3.68. The van der Waals surface area contributed by atoms with Gasteiger partial charge in [0.05, 0.1) is 5.69 Å². The Hall–Kier alpha value is -1.67. The van der Waals surface area contributed by atoms with Crippen LogP contribution in [0.25, 0.3) is 0 Å². The summed E-state index contributed by atoms with van der Waals surface area (Å²) < 4.78 is 0. The molecule has 1 amide bonds. The van der Waals surface area contributed by atoms with Crippen LogP contribution in [0.4, 0.5) is 16.1 Å². The van der Waals surface area contributed by atoms with E-state index in [1.807, 2.05) is 13.8 Å². The van der Waals surface area contributed by atoms with Gasteiger partial charge in [0.1, 0.15) is 10.7 Å². The second-order valence-electron chi connectivity index (χ2n) is 4.98. The number of aryl methyl sites for hydroxylation is 2. The molecule has 4 N–H and O–H groups in total. The first-order chi connectivity index (χ1) is 10.1. The monoisotopic (exact) mass is 323 g/mol. The number of aromatic nitrogens is 2. The van der Waals surface area contributed by atoms with Gasteiger partial charge in [0, 0.05) is 10.9 Å². The predicted molar refractivity (Wildman–Crippen MR) is 87.4 cm³/mol. The van der Waals surface area contributed by atoms with Gasteiger partial charge in [-0.15, -0.1) is 11.3 Å². The summed E-state index contributed by atoms with van der Waals surface area (Å²) in [6, 6.07) is 0.486. The minimum atomic E-state index is -0.245. The number of carbonyl (C=O) groups is 1. The van der Waals surface area contributed by atoms with Gasteiger partial charge in [-0.1, -0.05) is 18.3 Å². The zero-order valence-electron chi connectivity index (χ0n) is 11.9. The Kier molecular flexibility index (Phi) is 3.81. The number of nitrogens with zero attached hydrogens (tertiary/aromatic N) is 2. The highest BCUT2D eigenvalue weighted by Gasteiger charge is 2.24. The van der Waals surface area contributed by atoms with E-state index in [9.17, 15) is 4.79 Å². The summed E-state index contributed by atoms with van der Waals surface area (Å²) in [7, 11) is 0. The molecule has 0 radical (unpaired) electrons. The number of nitrogens with one attached hydrogen (secondary N) is 2. The summed E-state index contributed by atoms with van der Waals surface area (Å²) >= 11 is 2.77. The number of nitrogen functional groups attached to an aromatic ring is 1. The third-order valence-electron chi connectivity index (χ3n) is 3.21. The van der Waals surface area contributed by atoms with E-state index < -0.39 is 0 Å². The SMILES string of the molecule is CCc1nc(NC(=O)c2sc(NC3CC3)nc2N)sc1C. The van der Waals surface area contributed by atoms with Crippen LogP contribution >= 0.6 is 22.7 Å². The lowest BCUT2D eigenvalue weighted by Crippen LogP contribution is -2.12. The van der Waals surface area contributed by atoms with Crippen molar-refractivity contribution in [2.24, 2.45) is 0 Å². The van der Waals surface area contributed by atoms with Crippen LogP contribution in [0, 0.1) is 6.92 Å². The van der Waals surface area contributed by atoms with Gasteiger partial charge in [0.25, 0.3) is 5.91 Å². The van der Waals surface area contributed by atoms with Crippen molar-refractivity contribution in [2.45, 2.75) is 39.2 Å². The average molecular weight is 323 g/mol. The molecule has 21 heavy (non-hydrogen) atoms. The Morgan fingerprint density at radius 2 is 2.10 bits per heavy atom. The molecule has 1 saturated carbocycles. The van der Waals surface area contributed by atoms with Crippen LogP contribution < -0.4 is 16.4 Å². The lowest BCUT2D eigenvalue weighted by Gasteiger charge is -1.98. The van der Waals surface area contributed by atoms with E-state index in [4.69, 9.17) is 5.73 Å². The molecule has 2 aromatic rings. The Morgan fingerprint density at radius 3 is 2.71 bits per heavy atom. The number of amides is 1. The van der Waals surface area contributed by atoms with Crippen LogP contribution in [0.15, 0.2) is 0 Å². The summed E-state index contributed by atoms with van der Waals surface area (Å²) in [5.74, 6) is 0.0230. The minimum Gasteiger partial charge on any atom is -0.382 e. The normalized spacial score (nSPS) is 14.2. The van der Waals surface area contributed by atoms with Crippen molar-refractivity contribution in [2.75, 3.05) is 16.4 Å². The molecule has 2 aromatic heterocycles. The third kappa shape index (κ3) is 3.16. The molecule has 6 nitrogen and oxygen atoms in total. The van der Waals surface area contributed by atoms with Gasteiger partial charge in [-0.05, 0) is 26.2 Å². The zero-order valence-corrected chi connectivity index (χ0v) is 13.5. The van der Waals surface area contributed by atoms with Crippen molar-refractivity contribution >= 4 is 44.7 Å². The molecular weight excluding hydrogens is 306 g/mol. The molecule has 1 aliphatic carbocycles. The predicted octanol–water partition coefficient (Wildman–Crippen LogP) is 2.88. The quantitative estimate of drug-likeness (QED) is 0.787. The lowest BCUT2D eigenvalue weighted by atomic mass is 10.3. The highest BCUT2D eigenvalue weighted by Crippen LogP contribution is 2.31. The van der Waals surface area contributed by atoms with E-state index in [1.165, 1.54) is 22.7 Å². The highest BCUT2D eigenvalue weighted by atomic mass is 32.1.